The molecule has 0 amide bonds. The third-order valence-electron chi connectivity index (χ3n) is 2.48. The number of rotatable bonds is 2. The van der Waals surface area contributed by atoms with E-state index >= 15 is 0 Å². The zero-order chi connectivity index (χ0) is 12.5. The lowest BCUT2D eigenvalue weighted by Crippen LogP contribution is -2.03. The van der Waals surface area contributed by atoms with Crippen LogP contribution in [0, 0.1) is 0 Å². The molecule has 0 unspecified atom stereocenters. The van der Waals surface area contributed by atoms with Crippen LogP contribution in [0.2, 0.25) is 5.02 Å². The lowest BCUT2D eigenvalue weighted by molar-refractivity contribution is 0.0476. The van der Waals surface area contributed by atoms with E-state index in [9.17, 15) is 0 Å². The molecule has 6 heteroatoms. The van der Waals surface area contributed by atoms with Crippen LogP contribution < -0.4 is 5.48 Å². The molecule has 1 aromatic heterocycles. The monoisotopic (exact) mass is 342 g/mol. The Hall–Kier alpha value is -0.880. The molecule has 1 aromatic carbocycles. The second kappa shape index (κ2) is 5.01. The van der Waals surface area contributed by atoms with Crippen molar-refractivity contribution < 1.29 is 4.84 Å². The highest BCUT2D eigenvalue weighted by Crippen LogP contribution is 2.34. The molecular weight excluding hydrogens is 336 g/mol. The van der Waals surface area contributed by atoms with Crippen molar-refractivity contribution in [3.05, 3.63) is 51.0 Å². The predicted molar refractivity (Wildman–Crippen MR) is 76.5 cm³/mol. The van der Waals surface area contributed by atoms with Gasteiger partial charge in [-0.3, -0.25) is 10.3 Å². The van der Waals surface area contributed by atoms with Crippen LogP contribution in [0.5, 0.6) is 0 Å². The molecule has 0 saturated heterocycles. The number of thiazole rings is 1. The number of hydrogen-bond donors (Lipinski definition) is 1. The van der Waals surface area contributed by atoms with Crippen molar-refractivity contribution in [2.24, 2.45) is 0 Å². The molecule has 1 atom stereocenters. The van der Waals surface area contributed by atoms with Crippen LogP contribution in [0.3, 0.4) is 0 Å². The van der Waals surface area contributed by atoms with E-state index in [-0.39, 0.29) is 6.10 Å². The average molecular weight is 344 g/mol. The highest BCUT2D eigenvalue weighted by molar-refractivity contribution is 9.11. The van der Waals surface area contributed by atoms with Gasteiger partial charge in [-0.05, 0) is 34.1 Å². The molecule has 92 valence electrons. The molecule has 1 N–H and O–H groups in total. The Morgan fingerprint density at radius 1 is 1.33 bits per heavy atom. The van der Waals surface area contributed by atoms with Gasteiger partial charge in [-0.1, -0.05) is 23.7 Å². The van der Waals surface area contributed by atoms with E-state index in [0.717, 1.165) is 25.1 Å². The zero-order valence-electron chi connectivity index (χ0n) is 9.06. The standard InChI is InChI=1S/C12H8BrClN2OS/c13-11-5-9(17-16-11)10-6-15-12(18-10)7-1-3-8(14)4-2-7/h1-6,9,16H/t9-/m1/s1. The summed E-state index contributed by atoms with van der Waals surface area (Å²) < 4.78 is 0.842. The normalized spacial score (nSPS) is 18.6. The summed E-state index contributed by atoms with van der Waals surface area (Å²) in [5.74, 6) is 0. The lowest BCUT2D eigenvalue weighted by Gasteiger charge is -2.02. The first-order valence-electron chi connectivity index (χ1n) is 5.23. The zero-order valence-corrected chi connectivity index (χ0v) is 12.2. The van der Waals surface area contributed by atoms with Gasteiger partial charge in [0.2, 0.25) is 0 Å². The Kier molecular flexibility index (Phi) is 3.39. The molecule has 1 aliphatic heterocycles. The molecule has 0 aliphatic carbocycles. The minimum atomic E-state index is -0.0853. The number of aromatic nitrogens is 1. The summed E-state index contributed by atoms with van der Waals surface area (Å²) >= 11 is 10.8. The van der Waals surface area contributed by atoms with Crippen LogP contribution >= 0.6 is 38.9 Å². The maximum absolute atomic E-state index is 5.87. The largest absolute Gasteiger partial charge is 0.262 e. The van der Waals surface area contributed by atoms with Gasteiger partial charge in [-0.15, -0.1) is 11.3 Å². The Balaban J connectivity index is 1.87. The number of benzene rings is 1. The minimum Gasteiger partial charge on any atom is -0.262 e. The second-order valence-electron chi connectivity index (χ2n) is 3.73. The predicted octanol–water partition coefficient (Wildman–Crippen LogP) is 4.28. The van der Waals surface area contributed by atoms with Crippen molar-refractivity contribution in [1.29, 1.82) is 0 Å². The first kappa shape index (κ1) is 12.2. The molecule has 0 fully saturated rings. The summed E-state index contributed by atoms with van der Waals surface area (Å²) in [6.45, 7) is 0. The fourth-order valence-corrected chi connectivity index (χ4v) is 2.98. The maximum Gasteiger partial charge on any atom is 0.142 e. The van der Waals surface area contributed by atoms with Crippen molar-refractivity contribution in [1.82, 2.24) is 10.5 Å². The summed E-state index contributed by atoms with van der Waals surface area (Å²) in [4.78, 5) is 10.8. The Labute approximate surface area is 122 Å². The van der Waals surface area contributed by atoms with Crippen molar-refractivity contribution in [2.75, 3.05) is 0 Å². The van der Waals surface area contributed by atoms with Gasteiger partial charge in [-0.2, -0.15) is 0 Å². The van der Waals surface area contributed by atoms with Gasteiger partial charge in [0.05, 0.1) is 4.88 Å². The Morgan fingerprint density at radius 3 is 2.78 bits per heavy atom. The van der Waals surface area contributed by atoms with Gasteiger partial charge in [-0.25, -0.2) is 4.98 Å². The van der Waals surface area contributed by atoms with Crippen LogP contribution in [0.4, 0.5) is 0 Å². The molecule has 0 radical (unpaired) electrons. The van der Waals surface area contributed by atoms with Crippen molar-refractivity contribution in [3.8, 4) is 10.6 Å². The van der Waals surface area contributed by atoms with Crippen LogP contribution in [0.1, 0.15) is 11.0 Å². The van der Waals surface area contributed by atoms with Gasteiger partial charge in [0.15, 0.2) is 0 Å². The SMILES string of the molecule is Clc1ccc(-c2ncc([C@H]3C=C(Br)NO3)s2)cc1. The number of nitrogens with zero attached hydrogens (tertiary/aromatic N) is 1. The average Bonchev–Trinajstić information content (AvgIpc) is 2.98. The van der Waals surface area contributed by atoms with E-state index < -0.39 is 0 Å². The van der Waals surface area contributed by atoms with Crippen LogP contribution in [-0.4, -0.2) is 4.98 Å². The number of hydroxylamine groups is 1. The smallest absolute Gasteiger partial charge is 0.142 e. The van der Waals surface area contributed by atoms with E-state index in [0.29, 0.717) is 0 Å². The van der Waals surface area contributed by atoms with E-state index in [4.69, 9.17) is 16.4 Å². The van der Waals surface area contributed by atoms with Crippen molar-refractivity contribution in [3.63, 3.8) is 0 Å². The summed E-state index contributed by atoms with van der Waals surface area (Å²) in [5.41, 5.74) is 3.82. The van der Waals surface area contributed by atoms with Crippen LogP contribution in [0.25, 0.3) is 10.6 Å². The quantitative estimate of drug-likeness (QED) is 0.827. The summed E-state index contributed by atoms with van der Waals surface area (Å²) in [6.07, 6.45) is 3.71. The van der Waals surface area contributed by atoms with Crippen LogP contribution in [-0.2, 0) is 4.84 Å². The highest BCUT2D eigenvalue weighted by Gasteiger charge is 2.19. The summed E-state index contributed by atoms with van der Waals surface area (Å²) in [7, 11) is 0. The molecule has 2 heterocycles. The Bertz CT molecular complexity index is 596. The molecule has 3 nitrogen and oxygen atoms in total. The number of nitrogens with one attached hydrogen (secondary N) is 1. The van der Waals surface area contributed by atoms with Gasteiger partial charge in [0.1, 0.15) is 15.7 Å². The van der Waals surface area contributed by atoms with Gasteiger partial charge < -0.3 is 0 Å². The number of hydrogen-bond acceptors (Lipinski definition) is 4. The van der Waals surface area contributed by atoms with E-state index in [2.05, 4.69) is 26.4 Å². The van der Waals surface area contributed by atoms with Crippen molar-refractivity contribution >= 4 is 38.9 Å². The van der Waals surface area contributed by atoms with Crippen LogP contribution in [0.15, 0.2) is 41.1 Å². The molecule has 1 aliphatic rings. The van der Waals surface area contributed by atoms with E-state index in [1.54, 1.807) is 11.3 Å². The fraction of sp³-hybridized carbons (Fsp3) is 0.0833. The van der Waals surface area contributed by atoms with Gasteiger partial charge in [0.25, 0.3) is 0 Å². The third kappa shape index (κ3) is 2.44. The first-order valence-corrected chi connectivity index (χ1v) is 7.22. The molecule has 0 saturated carbocycles. The van der Waals surface area contributed by atoms with E-state index in [1.807, 2.05) is 36.5 Å². The molecule has 0 spiro atoms. The lowest BCUT2D eigenvalue weighted by atomic mass is 10.2. The maximum atomic E-state index is 5.87. The second-order valence-corrected chi connectivity index (χ2v) is 6.08. The van der Waals surface area contributed by atoms with Gasteiger partial charge >= 0.3 is 0 Å². The highest BCUT2D eigenvalue weighted by atomic mass is 79.9. The fourth-order valence-electron chi connectivity index (χ4n) is 1.60. The molecule has 3 rings (SSSR count). The molecule has 18 heavy (non-hydrogen) atoms. The Morgan fingerprint density at radius 2 is 2.11 bits per heavy atom. The van der Waals surface area contributed by atoms with Crippen molar-refractivity contribution in [2.45, 2.75) is 6.10 Å². The van der Waals surface area contributed by atoms with Gasteiger partial charge in [0, 0.05) is 16.8 Å². The molecular formula is C12H8BrClN2OS. The minimum absolute atomic E-state index is 0.0853. The molecule has 2 aromatic rings. The third-order valence-corrected chi connectivity index (χ3v) is 4.26. The summed E-state index contributed by atoms with van der Waals surface area (Å²) in [5, 5.41) is 1.69. The molecule has 0 bridgehead atoms. The topological polar surface area (TPSA) is 34.2 Å². The summed E-state index contributed by atoms with van der Waals surface area (Å²) in [6, 6.07) is 7.65. The first-order chi connectivity index (χ1) is 8.72. The number of halogens is 2. The van der Waals surface area contributed by atoms with E-state index in [1.165, 1.54) is 0 Å².